The number of benzene rings is 1. The summed E-state index contributed by atoms with van der Waals surface area (Å²) in [6.07, 6.45) is 0. The lowest BCUT2D eigenvalue weighted by Gasteiger charge is -2.02. The minimum Gasteiger partial charge on any atom is -0.302 e. The van der Waals surface area contributed by atoms with Crippen molar-refractivity contribution in [2.24, 2.45) is 0 Å². The van der Waals surface area contributed by atoms with Crippen LogP contribution in [0.2, 0.25) is 0 Å². The van der Waals surface area contributed by atoms with Crippen LogP contribution in [0.1, 0.15) is 5.56 Å². The Morgan fingerprint density at radius 2 is 2.18 bits per heavy atom. The molecule has 0 fully saturated rings. The summed E-state index contributed by atoms with van der Waals surface area (Å²) < 4.78 is 19.5. The van der Waals surface area contributed by atoms with Crippen molar-refractivity contribution in [3.05, 3.63) is 23.8 Å². The van der Waals surface area contributed by atoms with Crippen LogP contribution in [0.3, 0.4) is 0 Å². The highest BCUT2D eigenvalue weighted by molar-refractivity contribution is 7.83. The lowest BCUT2D eigenvalue weighted by Crippen LogP contribution is -1.93. The molecule has 1 N–H and O–H groups in total. The molecule has 2 nitrogen and oxygen atoms in total. The highest BCUT2D eigenvalue weighted by Crippen LogP contribution is 2.20. The van der Waals surface area contributed by atoms with E-state index >= 15 is 0 Å². The van der Waals surface area contributed by atoms with Gasteiger partial charge in [0.1, 0.15) is 0 Å². The number of thiol groups is 1. The second-order valence-corrected chi connectivity index (χ2v) is 3.56. The maximum absolute atomic E-state index is 10.7. The third-order valence-electron chi connectivity index (χ3n) is 1.37. The summed E-state index contributed by atoms with van der Waals surface area (Å²) in [5.74, 6) is 0. The van der Waals surface area contributed by atoms with Crippen molar-refractivity contribution in [1.29, 1.82) is 0 Å². The van der Waals surface area contributed by atoms with Gasteiger partial charge >= 0.3 is 0 Å². The molecule has 1 aromatic rings. The summed E-state index contributed by atoms with van der Waals surface area (Å²) in [5, 5.41) is 0. The first-order chi connectivity index (χ1) is 5.13. The fourth-order valence-corrected chi connectivity index (χ4v) is 1.95. The summed E-state index contributed by atoms with van der Waals surface area (Å²) in [4.78, 5) is 0.960. The standard InChI is InChI=1S/C7H8O2S2/c1-5-3-2-4-6(10)7(5)11(8)9/h2-4,10H,1H3,(H,8,9). The number of aryl methyl sites for hydroxylation is 1. The van der Waals surface area contributed by atoms with E-state index in [1.54, 1.807) is 25.1 Å². The van der Waals surface area contributed by atoms with E-state index in [9.17, 15) is 4.21 Å². The van der Waals surface area contributed by atoms with Gasteiger partial charge in [-0.25, -0.2) is 4.21 Å². The molecule has 1 aromatic carbocycles. The van der Waals surface area contributed by atoms with Crippen LogP contribution in [0.25, 0.3) is 0 Å². The maximum atomic E-state index is 10.7. The van der Waals surface area contributed by atoms with Crippen molar-refractivity contribution in [2.45, 2.75) is 16.7 Å². The molecule has 0 aromatic heterocycles. The molecule has 4 heteroatoms. The monoisotopic (exact) mass is 188 g/mol. The van der Waals surface area contributed by atoms with Gasteiger partial charge in [0, 0.05) is 4.90 Å². The van der Waals surface area contributed by atoms with Gasteiger partial charge < -0.3 is 4.55 Å². The minimum absolute atomic E-state index is 0.399. The van der Waals surface area contributed by atoms with E-state index in [0.717, 1.165) is 5.56 Å². The molecule has 60 valence electrons. The van der Waals surface area contributed by atoms with Crippen LogP contribution in [0, 0.1) is 6.92 Å². The molecule has 0 bridgehead atoms. The van der Waals surface area contributed by atoms with E-state index in [1.807, 2.05) is 0 Å². The zero-order valence-electron chi connectivity index (χ0n) is 5.94. The third kappa shape index (κ3) is 1.83. The summed E-state index contributed by atoms with van der Waals surface area (Å²) in [7, 11) is 0. The molecule has 0 amide bonds. The van der Waals surface area contributed by atoms with Crippen molar-refractivity contribution in [2.75, 3.05) is 0 Å². The first kappa shape index (κ1) is 8.77. The molecular weight excluding hydrogens is 180 g/mol. The van der Waals surface area contributed by atoms with Gasteiger partial charge in [-0.15, -0.1) is 12.6 Å². The molecule has 0 saturated heterocycles. The molecule has 0 aliphatic carbocycles. The zero-order valence-corrected chi connectivity index (χ0v) is 7.65. The molecule has 0 heterocycles. The van der Waals surface area contributed by atoms with Crippen molar-refractivity contribution >= 4 is 23.7 Å². The number of hydrogen-bond donors (Lipinski definition) is 2. The van der Waals surface area contributed by atoms with Crippen LogP contribution < -0.4 is 0 Å². The molecule has 0 aliphatic rings. The summed E-state index contributed by atoms with van der Waals surface area (Å²) >= 11 is 2.13. The summed E-state index contributed by atoms with van der Waals surface area (Å²) in [6, 6.07) is 5.27. The Kier molecular flexibility index (Phi) is 2.70. The first-order valence-electron chi connectivity index (χ1n) is 3.02. The van der Waals surface area contributed by atoms with Gasteiger partial charge in [-0.1, -0.05) is 12.1 Å². The molecule has 0 radical (unpaired) electrons. The van der Waals surface area contributed by atoms with Gasteiger partial charge in [0.05, 0.1) is 4.90 Å². The third-order valence-corrected chi connectivity index (χ3v) is 2.78. The van der Waals surface area contributed by atoms with Crippen molar-refractivity contribution < 1.29 is 8.76 Å². The van der Waals surface area contributed by atoms with E-state index in [4.69, 9.17) is 4.55 Å². The Labute approximate surface area is 73.3 Å². The highest BCUT2D eigenvalue weighted by Gasteiger charge is 2.06. The quantitative estimate of drug-likeness (QED) is 0.521. The predicted octanol–water partition coefficient (Wildman–Crippen LogP) is 1.86. The summed E-state index contributed by atoms with van der Waals surface area (Å²) in [5.41, 5.74) is 0.790. The van der Waals surface area contributed by atoms with Crippen molar-refractivity contribution in [3.63, 3.8) is 0 Å². The van der Waals surface area contributed by atoms with Crippen LogP contribution in [-0.2, 0) is 11.1 Å². The van der Waals surface area contributed by atoms with Gasteiger partial charge in [0.25, 0.3) is 0 Å². The number of rotatable bonds is 1. The molecular formula is C7H8O2S2. The Bertz CT molecular complexity index is 276. The number of hydrogen-bond acceptors (Lipinski definition) is 2. The normalized spacial score (nSPS) is 13.0. The van der Waals surface area contributed by atoms with Crippen LogP contribution in [0.5, 0.6) is 0 Å². The lowest BCUT2D eigenvalue weighted by atomic mass is 10.2. The second-order valence-electron chi connectivity index (χ2n) is 2.17. The largest absolute Gasteiger partial charge is 0.302 e. The van der Waals surface area contributed by atoms with Crippen molar-refractivity contribution in [1.82, 2.24) is 0 Å². The van der Waals surface area contributed by atoms with Crippen LogP contribution >= 0.6 is 12.6 Å². The smallest absolute Gasteiger partial charge is 0.187 e. The Balaban J connectivity index is 3.32. The fraction of sp³-hybridized carbons (Fsp3) is 0.143. The maximum Gasteiger partial charge on any atom is 0.187 e. The van der Waals surface area contributed by atoms with E-state index in [0.29, 0.717) is 9.79 Å². The second kappa shape index (κ2) is 3.38. The van der Waals surface area contributed by atoms with Crippen LogP contribution in [0.4, 0.5) is 0 Å². The molecule has 11 heavy (non-hydrogen) atoms. The molecule has 0 spiro atoms. The Morgan fingerprint density at radius 1 is 1.55 bits per heavy atom. The zero-order chi connectivity index (χ0) is 8.43. The average Bonchev–Trinajstić information content (AvgIpc) is 1.85. The van der Waals surface area contributed by atoms with Crippen LogP contribution in [-0.4, -0.2) is 8.76 Å². The highest BCUT2D eigenvalue weighted by atomic mass is 32.2. The van der Waals surface area contributed by atoms with E-state index in [-0.39, 0.29) is 0 Å². The van der Waals surface area contributed by atoms with Gasteiger partial charge in [-0.2, -0.15) is 0 Å². The molecule has 1 atom stereocenters. The lowest BCUT2D eigenvalue weighted by molar-refractivity contribution is 0.561. The Morgan fingerprint density at radius 3 is 2.55 bits per heavy atom. The van der Waals surface area contributed by atoms with E-state index in [2.05, 4.69) is 12.6 Å². The van der Waals surface area contributed by atoms with E-state index in [1.165, 1.54) is 0 Å². The van der Waals surface area contributed by atoms with Gasteiger partial charge in [-0.3, -0.25) is 0 Å². The van der Waals surface area contributed by atoms with Crippen molar-refractivity contribution in [3.8, 4) is 0 Å². The predicted molar refractivity (Wildman–Crippen MR) is 47.5 cm³/mol. The van der Waals surface area contributed by atoms with Gasteiger partial charge in [-0.05, 0) is 18.6 Å². The SMILES string of the molecule is Cc1cccc(S)c1S(=O)O. The Hall–Kier alpha value is -0.320. The first-order valence-corrected chi connectivity index (χ1v) is 4.57. The molecule has 0 aliphatic heterocycles. The minimum atomic E-state index is -1.93. The topological polar surface area (TPSA) is 37.3 Å². The molecule has 1 unspecified atom stereocenters. The van der Waals surface area contributed by atoms with Gasteiger partial charge in [0.2, 0.25) is 0 Å². The van der Waals surface area contributed by atoms with Gasteiger partial charge in [0.15, 0.2) is 11.1 Å². The molecule has 1 rings (SSSR count). The van der Waals surface area contributed by atoms with E-state index < -0.39 is 11.1 Å². The summed E-state index contributed by atoms with van der Waals surface area (Å²) in [6.45, 7) is 1.78. The fourth-order valence-electron chi connectivity index (χ4n) is 0.864. The molecule has 0 saturated carbocycles. The average molecular weight is 188 g/mol. The van der Waals surface area contributed by atoms with Crippen LogP contribution in [0.15, 0.2) is 28.0 Å².